The zero-order valence-corrected chi connectivity index (χ0v) is 17.3. The Morgan fingerprint density at radius 2 is 1.68 bits per heavy atom. The first-order valence-electron chi connectivity index (χ1n) is 9.81. The van der Waals surface area contributed by atoms with E-state index in [9.17, 15) is 14.7 Å². The number of benzene rings is 2. The van der Waals surface area contributed by atoms with Crippen molar-refractivity contribution in [2.45, 2.75) is 12.8 Å². The van der Waals surface area contributed by atoms with E-state index < -0.39 is 11.4 Å². The molecule has 2 amide bonds. The molecular weight excluding hydrogens is 416 g/mol. The molecule has 158 valence electrons. The number of nitrogens with zero attached hydrogens (tertiary/aromatic N) is 1. The Labute approximate surface area is 184 Å². The maximum atomic E-state index is 12.2. The van der Waals surface area contributed by atoms with Crippen molar-refractivity contribution in [3.05, 3.63) is 71.9 Å². The molecule has 0 atom stereocenters. The van der Waals surface area contributed by atoms with Crippen LogP contribution in [-0.4, -0.2) is 28.6 Å². The molecule has 8 heteroatoms. The second-order valence-corrected chi connectivity index (χ2v) is 7.91. The van der Waals surface area contributed by atoms with Gasteiger partial charge < -0.3 is 21.1 Å². The first-order valence-corrected chi connectivity index (χ1v) is 10.2. The standard InChI is InChI=1S/C23H21ClN4O3/c24-18-3-1-2-4-19(18)28-22(31)27-17-8-5-15(6-9-17)16-7-10-20(25-13-16)26-14-23(11-12-23)21(29)30/h1-10,13H,11-12,14H2,(H,25,26)(H,29,30)(H2,27,28,31). The second kappa shape index (κ2) is 8.65. The Kier molecular flexibility index (Phi) is 5.77. The molecule has 2 aromatic carbocycles. The highest BCUT2D eigenvalue weighted by Gasteiger charge is 2.50. The summed E-state index contributed by atoms with van der Waals surface area (Å²) in [6, 6.07) is 17.8. The van der Waals surface area contributed by atoms with Crippen LogP contribution in [0.2, 0.25) is 5.02 Å². The van der Waals surface area contributed by atoms with Crippen molar-refractivity contribution in [3.8, 4) is 11.1 Å². The number of pyridine rings is 1. The lowest BCUT2D eigenvalue weighted by atomic mass is 10.1. The Bertz CT molecular complexity index is 1100. The summed E-state index contributed by atoms with van der Waals surface area (Å²) in [6.45, 7) is 0.380. The fourth-order valence-corrected chi connectivity index (χ4v) is 3.32. The average molecular weight is 437 g/mol. The number of hydrogen-bond acceptors (Lipinski definition) is 4. The highest BCUT2D eigenvalue weighted by Crippen LogP contribution is 2.45. The molecule has 0 unspecified atom stereocenters. The predicted octanol–water partition coefficient (Wildman–Crippen LogP) is 5.32. The van der Waals surface area contributed by atoms with Crippen molar-refractivity contribution >= 4 is 40.8 Å². The zero-order valence-electron chi connectivity index (χ0n) is 16.6. The van der Waals surface area contributed by atoms with Crippen LogP contribution >= 0.6 is 11.6 Å². The summed E-state index contributed by atoms with van der Waals surface area (Å²) in [5.74, 6) is -0.114. The molecule has 4 N–H and O–H groups in total. The maximum Gasteiger partial charge on any atom is 0.323 e. The fraction of sp³-hybridized carbons (Fsp3) is 0.174. The van der Waals surface area contributed by atoms with Crippen LogP contribution in [0.25, 0.3) is 11.1 Å². The molecule has 0 radical (unpaired) electrons. The number of carbonyl (C=O) groups excluding carboxylic acids is 1. The van der Waals surface area contributed by atoms with Crippen LogP contribution in [-0.2, 0) is 4.79 Å². The molecule has 7 nitrogen and oxygen atoms in total. The van der Waals surface area contributed by atoms with E-state index in [0.29, 0.717) is 41.6 Å². The molecule has 1 aliphatic rings. The van der Waals surface area contributed by atoms with Gasteiger partial charge in [-0.1, -0.05) is 35.9 Å². The van der Waals surface area contributed by atoms with Crippen LogP contribution in [0.1, 0.15) is 12.8 Å². The molecule has 1 heterocycles. The lowest BCUT2D eigenvalue weighted by molar-refractivity contribution is -0.142. The van der Waals surface area contributed by atoms with Gasteiger partial charge in [-0.25, -0.2) is 9.78 Å². The van der Waals surface area contributed by atoms with Crippen LogP contribution in [0.15, 0.2) is 66.9 Å². The lowest BCUT2D eigenvalue weighted by Gasteiger charge is -2.12. The minimum Gasteiger partial charge on any atom is -0.481 e. The van der Waals surface area contributed by atoms with E-state index >= 15 is 0 Å². The Balaban J connectivity index is 1.34. The number of aromatic nitrogens is 1. The summed E-state index contributed by atoms with van der Waals surface area (Å²) >= 11 is 6.05. The van der Waals surface area contributed by atoms with Gasteiger partial charge >= 0.3 is 12.0 Å². The topological polar surface area (TPSA) is 103 Å². The molecule has 0 aliphatic heterocycles. The van der Waals surface area contributed by atoms with E-state index in [1.165, 1.54) is 0 Å². The molecule has 0 bridgehead atoms. The number of para-hydroxylation sites is 1. The van der Waals surface area contributed by atoms with E-state index in [1.807, 2.05) is 24.3 Å². The third-order valence-electron chi connectivity index (χ3n) is 5.28. The van der Waals surface area contributed by atoms with Gasteiger partial charge in [0, 0.05) is 24.0 Å². The third-order valence-corrected chi connectivity index (χ3v) is 5.61. The number of carboxylic acid groups (broad SMARTS) is 1. The van der Waals surface area contributed by atoms with Gasteiger partial charge in [-0.2, -0.15) is 0 Å². The van der Waals surface area contributed by atoms with Gasteiger partial charge in [-0.3, -0.25) is 4.79 Å². The number of urea groups is 1. The van der Waals surface area contributed by atoms with Crippen molar-refractivity contribution in [1.82, 2.24) is 4.98 Å². The summed E-state index contributed by atoms with van der Waals surface area (Å²) in [5.41, 5.74) is 2.40. The minimum absolute atomic E-state index is 0.380. The number of carboxylic acids is 1. The van der Waals surface area contributed by atoms with Crippen LogP contribution < -0.4 is 16.0 Å². The molecule has 0 spiro atoms. The number of hydrogen-bond donors (Lipinski definition) is 4. The first-order chi connectivity index (χ1) is 14.9. The van der Waals surface area contributed by atoms with Gasteiger partial charge in [0.15, 0.2) is 0 Å². The van der Waals surface area contributed by atoms with Gasteiger partial charge in [0.05, 0.1) is 16.1 Å². The minimum atomic E-state index is -0.758. The highest BCUT2D eigenvalue weighted by atomic mass is 35.5. The SMILES string of the molecule is O=C(Nc1ccc(-c2ccc(NCC3(C(=O)O)CC3)nc2)cc1)Nc1ccccc1Cl. The number of halogens is 1. The molecule has 1 aliphatic carbocycles. The van der Waals surface area contributed by atoms with Gasteiger partial charge in [0.2, 0.25) is 0 Å². The van der Waals surface area contributed by atoms with Crippen molar-refractivity contribution in [2.24, 2.45) is 5.41 Å². The maximum absolute atomic E-state index is 12.2. The number of anilines is 3. The number of aliphatic carboxylic acids is 1. The summed E-state index contributed by atoms with van der Waals surface area (Å²) in [4.78, 5) is 27.8. The second-order valence-electron chi connectivity index (χ2n) is 7.51. The molecule has 3 aromatic rings. The third kappa shape index (κ3) is 4.95. The normalized spacial score (nSPS) is 13.8. The lowest BCUT2D eigenvalue weighted by Crippen LogP contribution is -2.24. The zero-order chi connectivity index (χ0) is 21.8. The Morgan fingerprint density at radius 3 is 2.29 bits per heavy atom. The number of nitrogens with one attached hydrogen (secondary N) is 3. The smallest absolute Gasteiger partial charge is 0.323 e. The largest absolute Gasteiger partial charge is 0.481 e. The summed E-state index contributed by atoms with van der Waals surface area (Å²) in [6.07, 6.45) is 3.13. The monoisotopic (exact) mass is 436 g/mol. The van der Waals surface area contributed by atoms with E-state index in [2.05, 4.69) is 20.9 Å². The summed E-state index contributed by atoms with van der Waals surface area (Å²) < 4.78 is 0. The molecule has 0 saturated heterocycles. The van der Waals surface area contributed by atoms with Crippen LogP contribution in [0, 0.1) is 5.41 Å². The molecule has 4 rings (SSSR count). The quantitative estimate of drug-likeness (QED) is 0.401. The van der Waals surface area contributed by atoms with Crippen LogP contribution in [0.3, 0.4) is 0 Å². The van der Waals surface area contributed by atoms with Gasteiger partial charge in [-0.15, -0.1) is 0 Å². The van der Waals surface area contributed by atoms with E-state index in [1.54, 1.807) is 42.6 Å². The Hall–Kier alpha value is -3.58. The molecule has 1 aromatic heterocycles. The summed E-state index contributed by atoms with van der Waals surface area (Å²) in [7, 11) is 0. The summed E-state index contributed by atoms with van der Waals surface area (Å²) in [5, 5.41) is 18.3. The van der Waals surface area contributed by atoms with Crippen molar-refractivity contribution in [2.75, 3.05) is 22.5 Å². The molecule has 31 heavy (non-hydrogen) atoms. The Morgan fingerprint density at radius 1 is 0.968 bits per heavy atom. The molecule has 1 fully saturated rings. The fourth-order valence-electron chi connectivity index (χ4n) is 3.14. The molecular formula is C23H21ClN4O3. The number of amides is 2. The van der Waals surface area contributed by atoms with Crippen LogP contribution in [0.4, 0.5) is 22.0 Å². The van der Waals surface area contributed by atoms with E-state index in [0.717, 1.165) is 11.1 Å². The first kappa shape index (κ1) is 20.7. The van der Waals surface area contributed by atoms with Gasteiger partial charge in [0.25, 0.3) is 0 Å². The predicted molar refractivity (Wildman–Crippen MR) is 122 cm³/mol. The van der Waals surface area contributed by atoms with Crippen molar-refractivity contribution < 1.29 is 14.7 Å². The van der Waals surface area contributed by atoms with Gasteiger partial charge in [-0.05, 0) is 54.8 Å². The molecule has 1 saturated carbocycles. The number of carbonyl (C=O) groups is 2. The van der Waals surface area contributed by atoms with E-state index in [-0.39, 0.29) is 6.03 Å². The van der Waals surface area contributed by atoms with Crippen LogP contribution in [0.5, 0.6) is 0 Å². The number of rotatable bonds is 7. The average Bonchev–Trinajstić information content (AvgIpc) is 3.56. The van der Waals surface area contributed by atoms with Gasteiger partial charge in [0.1, 0.15) is 5.82 Å². The van der Waals surface area contributed by atoms with E-state index in [4.69, 9.17) is 11.6 Å². The van der Waals surface area contributed by atoms with Crippen molar-refractivity contribution in [1.29, 1.82) is 0 Å². The van der Waals surface area contributed by atoms with Crippen molar-refractivity contribution in [3.63, 3.8) is 0 Å². The highest BCUT2D eigenvalue weighted by molar-refractivity contribution is 6.33.